The Hall–Kier alpha value is -1.06. The summed E-state index contributed by atoms with van der Waals surface area (Å²) in [7, 11) is 0.386. The zero-order valence-corrected chi connectivity index (χ0v) is 12.1. The average molecular weight is 250 g/mol. The van der Waals surface area contributed by atoms with Gasteiger partial charge in [-0.05, 0) is 19.0 Å². The predicted molar refractivity (Wildman–Crippen MR) is 75.9 cm³/mol. The zero-order chi connectivity index (χ0) is 12.7. The van der Waals surface area contributed by atoms with Crippen LogP contribution in [0.4, 0.5) is 0 Å². The molecule has 0 aromatic heterocycles. The molecule has 0 aliphatic rings. The molecule has 0 bridgehead atoms. The van der Waals surface area contributed by atoms with Gasteiger partial charge in [0, 0.05) is 12.7 Å². The molecule has 2 nitrogen and oxygen atoms in total. The highest BCUT2D eigenvalue weighted by Crippen LogP contribution is 2.21. The van der Waals surface area contributed by atoms with Gasteiger partial charge in [0.1, 0.15) is 5.75 Å². The van der Waals surface area contributed by atoms with Crippen molar-refractivity contribution in [2.75, 3.05) is 7.11 Å². The van der Waals surface area contributed by atoms with Crippen LogP contribution in [0, 0.1) is 0 Å². The van der Waals surface area contributed by atoms with Crippen LogP contribution in [0.25, 0.3) is 6.08 Å². The molecule has 2 unspecified atom stereocenters. The minimum absolute atomic E-state index is 0.229. The van der Waals surface area contributed by atoms with E-state index >= 15 is 0 Å². The van der Waals surface area contributed by atoms with Crippen molar-refractivity contribution in [3.8, 4) is 5.75 Å². The minimum atomic E-state index is -1.37. The monoisotopic (exact) mass is 250 g/mol. The smallest absolute Gasteiger partial charge is 0.263 e. The van der Waals surface area contributed by atoms with Gasteiger partial charge in [-0.15, -0.1) is 0 Å². The number of hydrogen-bond donors (Lipinski definition) is 0. The molecule has 1 rings (SSSR count). The summed E-state index contributed by atoms with van der Waals surface area (Å²) in [5.74, 6) is 0.941. The number of ether oxygens (including phenoxy) is 1. The van der Waals surface area contributed by atoms with Gasteiger partial charge in [-0.25, -0.2) is 0 Å². The zero-order valence-electron chi connectivity index (χ0n) is 11.0. The third kappa shape index (κ3) is 4.02. The molecule has 0 heterocycles. The molecule has 0 N–H and O–H groups in total. The fourth-order valence-corrected chi connectivity index (χ4v) is 3.94. The second-order valence-corrected chi connectivity index (χ2v) is 6.96. The minimum Gasteiger partial charge on any atom is -0.543 e. The van der Waals surface area contributed by atoms with Gasteiger partial charge >= 0.3 is 0 Å². The van der Waals surface area contributed by atoms with Crippen molar-refractivity contribution in [2.24, 2.45) is 0 Å². The van der Waals surface area contributed by atoms with E-state index in [9.17, 15) is 0 Å². The summed E-state index contributed by atoms with van der Waals surface area (Å²) in [5, 5.41) is 0. The molecule has 0 saturated heterocycles. The van der Waals surface area contributed by atoms with Crippen LogP contribution in [0.2, 0.25) is 6.04 Å². The quantitative estimate of drug-likeness (QED) is 0.690. The molecule has 0 amide bonds. The molecule has 0 radical (unpaired) electrons. The number of rotatable bonds is 7. The lowest BCUT2D eigenvalue weighted by atomic mass is 10.2. The Labute approximate surface area is 106 Å². The van der Waals surface area contributed by atoms with Gasteiger partial charge in [-0.2, -0.15) is 0 Å². The third-order valence-electron chi connectivity index (χ3n) is 2.89. The summed E-state index contributed by atoms with van der Waals surface area (Å²) in [6.07, 6.45) is 2.98. The first-order chi connectivity index (χ1) is 8.22. The molecule has 94 valence electrons. The summed E-state index contributed by atoms with van der Waals surface area (Å²) in [6.45, 7) is 8.10. The highest BCUT2D eigenvalue weighted by Gasteiger charge is 2.21. The average Bonchev–Trinajstić information content (AvgIpc) is 2.38. The first-order valence-electron chi connectivity index (χ1n) is 6.13. The number of hydrogen-bond acceptors (Lipinski definition) is 2. The molecular weight excluding hydrogens is 228 g/mol. The second-order valence-electron chi connectivity index (χ2n) is 4.13. The maximum Gasteiger partial charge on any atom is 0.263 e. The first-order valence-corrected chi connectivity index (χ1v) is 8.09. The van der Waals surface area contributed by atoms with Crippen molar-refractivity contribution >= 4 is 15.1 Å². The molecule has 3 heteroatoms. The molecule has 1 aromatic carbocycles. The molecule has 0 saturated carbocycles. The van der Waals surface area contributed by atoms with E-state index in [1.807, 2.05) is 30.3 Å². The van der Waals surface area contributed by atoms with E-state index in [2.05, 4.69) is 20.4 Å². The van der Waals surface area contributed by atoms with Crippen molar-refractivity contribution in [1.82, 2.24) is 0 Å². The molecule has 0 aliphatic carbocycles. The molecule has 0 aliphatic heterocycles. The Morgan fingerprint density at radius 1 is 1.41 bits per heavy atom. The van der Waals surface area contributed by atoms with Crippen LogP contribution in [-0.2, 0) is 4.74 Å². The molecule has 0 fully saturated rings. The van der Waals surface area contributed by atoms with Crippen LogP contribution in [0.3, 0.4) is 0 Å². The number of para-hydroxylation sites is 1. The van der Waals surface area contributed by atoms with Crippen LogP contribution < -0.4 is 4.43 Å². The van der Waals surface area contributed by atoms with E-state index in [0.717, 1.165) is 23.8 Å². The molecule has 2 atom stereocenters. The highest BCUT2D eigenvalue weighted by molar-refractivity contribution is 6.54. The summed E-state index contributed by atoms with van der Waals surface area (Å²) in [5.41, 5.74) is 1.29. The van der Waals surface area contributed by atoms with Crippen molar-refractivity contribution in [3.05, 3.63) is 36.4 Å². The fourth-order valence-electron chi connectivity index (χ4n) is 1.75. The SMILES string of the molecule is C=Cc1ccccc1O[SiH](CCC)C(C)OC. The molecule has 17 heavy (non-hydrogen) atoms. The standard InChI is InChI=1S/C14H22O2Si/c1-5-11-17(12(3)15-4)16-14-10-8-7-9-13(14)6-2/h6-10,12,17H,2,5,11H2,1,3-4H3. The largest absolute Gasteiger partial charge is 0.543 e. The van der Waals surface area contributed by atoms with Gasteiger partial charge in [0.15, 0.2) is 0 Å². The third-order valence-corrected chi connectivity index (χ3v) is 5.91. The Kier molecular flexibility index (Phi) is 6.01. The van der Waals surface area contributed by atoms with Gasteiger partial charge in [-0.3, -0.25) is 0 Å². The van der Waals surface area contributed by atoms with E-state index < -0.39 is 9.04 Å². The van der Waals surface area contributed by atoms with Gasteiger partial charge in [0.2, 0.25) is 0 Å². The fraction of sp³-hybridized carbons (Fsp3) is 0.429. The Bertz CT molecular complexity index is 352. The van der Waals surface area contributed by atoms with Crippen LogP contribution in [0.1, 0.15) is 25.8 Å². The van der Waals surface area contributed by atoms with Crippen LogP contribution >= 0.6 is 0 Å². The van der Waals surface area contributed by atoms with Crippen LogP contribution in [0.5, 0.6) is 5.75 Å². The van der Waals surface area contributed by atoms with Gasteiger partial charge in [-0.1, -0.05) is 44.2 Å². The number of benzene rings is 1. The number of methoxy groups -OCH3 is 1. The van der Waals surface area contributed by atoms with Gasteiger partial charge in [0.25, 0.3) is 9.04 Å². The van der Waals surface area contributed by atoms with E-state index in [1.165, 1.54) is 0 Å². The first kappa shape index (κ1) is 14.0. The molecule has 0 spiro atoms. The van der Waals surface area contributed by atoms with Crippen LogP contribution in [0.15, 0.2) is 30.8 Å². The molecule has 1 aromatic rings. The predicted octanol–water partition coefficient (Wildman–Crippen LogP) is 3.42. The van der Waals surface area contributed by atoms with E-state index in [0.29, 0.717) is 0 Å². The van der Waals surface area contributed by atoms with Crippen molar-refractivity contribution < 1.29 is 9.16 Å². The maximum absolute atomic E-state index is 6.17. The normalized spacial score (nSPS) is 14.1. The van der Waals surface area contributed by atoms with E-state index in [4.69, 9.17) is 9.16 Å². The van der Waals surface area contributed by atoms with E-state index in [-0.39, 0.29) is 5.73 Å². The van der Waals surface area contributed by atoms with Gasteiger partial charge < -0.3 is 9.16 Å². The maximum atomic E-state index is 6.17. The summed E-state index contributed by atoms with van der Waals surface area (Å²) in [6, 6.07) is 9.16. The highest BCUT2D eigenvalue weighted by atomic mass is 28.3. The summed E-state index contributed by atoms with van der Waals surface area (Å²) >= 11 is 0. The lowest BCUT2D eigenvalue weighted by Gasteiger charge is -2.23. The van der Waals surface area contributed by atoms with Crippen molar-refractivity contribution in [1.29, 1.82) is 0 Å². The Balaban J connectivity index is 2.81. The van der Waals surface area contributed by atoms with Crippen LogP contribution in [-0.4, -0.2) is 21.9 Å². The van der Waals surface area contributed by atoms with Crippen molar-refractivity contribution in [3.63, 3.8) is 0 Å². The lowest BCUT2D eigenvalue weighted by Crippen LogP contribution is -2.36. The Morgan fingerprint density at radius 3 is 2.71 bits per heavy atom. The van der Waals surface area contributed by atoms with Crippen molar-refractivity contribution in [2.45, 2.75) is 32.0 Å². The Morgan fingerprint density at radius 2 is 2.12 bits per heavy atom. The van der Waals surface area contributed by atoms with E-state index in [1.54, 1.807) is 7.11 Å². The topological polar surface area (TPSA) is 18.5 Å². The molecular formula is C14H22O2Si. The second kappa shape index (κ2) is 7.30. The summed E-state index contributed by atoms with van der Waals surface area (Å²) in [4.78, 5) is 0. The summed E-state index contributed by atoms with van der Waals surface area (Å²) < 4.78 is 11.6. The lowest BCUT2D eigenvalue weighted by molar-refractivity contribution is 0.164. The van der Waals surface area contributed by atoms with Gasteiger partial charge in [0.05, 0.1) is 5.73 Å².